The van der Waals surface area contributed by atoms with Crippen LogP contribution in [0.1, 0.15) is 0 Å². The SMILES string of the molecule is [CaH2].[Cu].[MgH2].[Mn].[Zn]. The van der Waals surface area contributed by atoms with Gasteiger partial charge in [-0.2, -0.15) is 0 Å². The number of hydrogen-bond acceptors (Lipinski definition) is 0. The van der Waals surface area contributed by atoms with Gasteiger partial charge < -0.3 is 0 Å². The third-order valence-corrected chi connectivity index (χ3v) is 0. The van der Waals surface area contributed by atoms with E-state index < -0.39 is 0 Å². The average molecular weight is 252 g/mol. The van der Waals surface area contributed by atoms with E-state index in [1.807, 2.05) is 0 Å². The van der Waals surface area contributed by atoms with Crippen molar-refractivity contribution in [3.8, 4) is 0 Å². The van der Waals surface area contributed by atoms with E-state index in [0.29, 0.717) is 0 Å². The van der Waals surface area contributed by atoms with Crippen molar-refractivity contribution in [2.75, 3.05) is 0 Å². The largest absolute Gasteiger partial charge is 0.316 e. The van der Waals surface area contributed by atoms with Crippen molar-refractivity contribution in [2.45, 2.75) is 0 Å². The summed E-state index contributed by atoms with van der Waals surface area (Å²) in [6.07, 6.45) is 0. The van der Waals surface area contributed by atoms with E-state index in [2.05, 4.69) is 0 Å². The molecule has 0 heterocycles. The predicted octanol–water partition coefficient (Wildman–Crippen LogP) is -1.84. The van der Waals surface area contributed by atoms with Gasteiger partial charge in [-0.1, -0.05) is 0 Å². The van der Waals surface area contributed by atoms with Crippen molar-refractivity contribution < 1.29 is 53.6 Å². The summed E-state index contributed by atoms with van der Waals surface area (Å²) >= 11 is 0. The maximum Gasteiger partial charge on any atom is 0.316 e. The van der Waals surface area contributed by atoms with Crippen molar-refractivity contribution in [3.05, 3.63) is 0 Å². The molecule has 0 N–H and O–H groups in total. The summed E-state index contributed by atoms with van der Waals surface area (Å²) in [7, 11) is 0. The molecule has 0 spiro atoms. The average Bonchev–Trinajstić information content (AvgIpc) is 0. The fourth-order valence-corrected chi connectivity index (χ4v) is 0. The summed E-state index contributed by atoms with van der Waals surface area (Å²) in [4.78, 5) is 0. The topological polar surface area (TPSA) is 0 Å². The zero-order valence-electron chi connectivity index (χ0n) is 1.39. The second-order valence-corrected chi connectivity index (χ2v) is 0. The number of hydrogen-bond donors (Lipinski definition) is 0. The van der Waals surface area contributed by atoms with Crippen LogP contribution < -0.4 is 0 Å². The molecule has 2 radical (unpaired) electrons. The zero-order chi connectivity index (χ0) is 0. The van der Waals surface area contributed by atoms with Gasteiger partial charge in [0.1, 0.15) is 0 Å². The molecule has 5 heteroatoms. The molecule has 0 aliphatic heterocycles. The quantitative estimate of drug-likeness (QED) is 0.445. The second-order valence-electron chi connectivity index (χ2n) is 0. The van der Waals surface area contributed by atoms with Crippen molar-refractivity contribution in [1.29, 1.82) is 0 Å². The van der Waals surface area contributed by atoms with E-state index in [1.165, 1.54) is 0 Å². The third-order valence-electron chi connectivity index (χ3n) is 0. The first kappa shape index (κ1) is 37.8. The van der Waals surface area contributed by atoms with Crippen molar-refractivity contribution in [2.24, 2.45) is 0 Å². The molecule has 0 aliphatic carbocycles. The normalized spacial score (nSPS) is 0. The van der Waals surface area contributed by atoms with Gasteiger partial charge in [-0.05, 0) is 0 Å². The summed E-state index contributed by atoms with van der Waals surface area (Å²) in [6.45, 7) is 0. The minimum atomic E-state index is 0. The summed E-state index contributed by atoms with van der Waals surface area (Å²) in [5.41, 5.74) is 0. The van der Waals surface area contributed by atoms with Crippen LogP contribution in [0.3, 0.4) is 0 Å². The Morgan fingerprint density at radius 3 is 1.00 bits per heavy atom. The van der Waals surface area contributed by atoms with Gasteiger partial charge in [-0.3, -0.25) is 0 Å². The molecule has 0 aromatic carbocycles. The van der Waals surface area contributed by atoms with E-state index in [-0.39, 0.29) is 114 Å². The summed E-state index contributed by atoms with van der Waals surface area (Å²) < 4.78 is 0. The Hall–Kier alpha value is 3.69. The monoisotopic (exact) mass is 250 g/mol. The van der Waals surface area contributed by atoms with Crippen LogP contribution >= 0.6 is 0 Å². The van der Waals surface area contributed by atoms with E-state index in [1.54, 1.807) is 0 Å². The molecule has 0 aromatic heterocycles. The standard InChI is InChI=1S/Ca.Cu.Mg.Mn.Zn.4H. The van der Waals surface area contributed by atoms with Gasteiger partial charge in [-0.25, -0.2) is 0 Å². The Kier molecular flexibility index (Phi) is 191. The summed E-state index contributed by atoms with van der Waals surface area (Å²) in [5, 5.41) is 0. The van der Waals surface area contributed by atoms with E-state index in [0.717, 1.165) is 0 Å². The molecular weight excluding hydrogens is 248 g/mol. The second kappa shape index (κ2) is 25.3. The minimum Gasteiger partial charge on any atom is 0 e. The van der Waals surface area contributed by atoms with Gasteiger partial charge in [0.05, 0.1) is 0 Å². The van der Waals surface area contributed by atoms with Crippen LogP contribution in [-0.2, 0) is 53.6 Å². The molecule has 0 aromatic rings. The first-order valence-electron chi connectivity index (χ1n) is 0. The Morgan fingerprint density at radius 2 is 1.00 bits per heavy atom. The molecule has 0 nitrogen and oxygen atoms in total. The van der Waals surface area contributed by atoms with Gasteiger partial charge in [0.25, 0.3) is 0 Å². The fourth-order valence-electron chi connectivity index (χ4n) is 0. The van der Waals surface area contributed by atoms with Gasteiger partial charge in [0.15, 0.2) is 0 Å². The van der Waals surface area contributed by atoms with Crippen LogP contribution in [0.5, 0.6) is 0 Å². The summed E-state index contributed by atoms with van der Waals surface area (Å²) in [5.74, 6) is 0. The molecule has 0 fully saturated rings. The van der Waals surface area contributed by atoms with Crippen molar-refractivity contribution >= 4 is 60.8 Å². The molecule has 0 rings (SSSR count). The first-order valence-corrected chi connectivity index (χ1v) is 0. The molecule has 0 atom stereocenters. The van der Waals surface area contributed by atoms with Gasteiger partial charge in [0, 0.05) is 53.6 Å². The molecule has 0 bridgehead atoms. The zero-order valence-corrected chi connectivity index (χ0v) is 6.48. The molecule has 0 saturated heterocycles. The van der Waals surface area contributed by atoms with Crippen LogP contribution in [0.25, 0.3) is 0 Å². The van der Waals surface area contributed by atoms with Gasteiger partial charge in [0.2, 0.25) is 0 Å². The number of rotatable bonds is 0. The smallest absolute Gasteiger partial charge is 0 e. The van der Waals surface area contributed by atoms with E-state index in [9.17, 15) is 0 Å². The third kappa shape index (κ3) is 18.3. The van der Waals surface area contributed by atoms with E-state index in [4.69, 9.17) is 0 Å². The maximum absolute atomic E-state index is 0. The van der Waals surface area contributed by atoms with Gasteiger partial charge >= 0.3 is 60.8 Å². The van der Waals surface area contributed by atoms with Crippen LogP contribution in [0.4, 0.5) is 0 Å². The molecule has 5 heavy (non-hydrogen) atoms. The van der Waals surface area contributed by atoms with Crippen molar-refractivity contribution in [3.63, 3.8) is 0 Å². The fraction of sp³-hybridized carbons (Fsp3) is 0. The molecular formula is H4CaCuMgMnZn. The maximum atomic E-state index is 0. The first-order chi connectivity index (χ1) is 0. The van der Waals surface area contributed by atoms with E-state index >= 15 is 0 Å². The molecule has 0 aliphatic rings. The molecule has 28 valence electrons. The Balaban J connectivity index is 0. The molecule has 0 saturated carbocycles. The summed E-state index contributed by atoms with van der Waals surface area (Å²) in [6, 6.07) is 0. The molecule has 0 unspecified atom stereocenters. The van der Waals surface area contributed by atoms with Crippen LogP contribution in [0, 0.1) is 0 Å². The minimum absolute atomic E-state index is 0. The Bertz CT molecular complexity index is 11.6. The Labute approximate surface area is 112 Å². The van der Waals surface area contributed by atoms with Crippen LogP contribution in [-0.4, -0.2) is 60.8 Å². The molecule has 0 amide bonds. The Morgan fingerprint density at radius 1 is 1.00 bits per heavy atom. The van der Waals surface area contributed by atoms with Crippen molar-refractivity contribution in [1.82, 2.24) is 0 Å². The predicted molar refractivity (Wildman–Crippen MR) is 17.1 cm³/mol. The van der Waals surface area contributed by atoms with Crippen LogP contribution in [0.2, 0.25) is 0 Å². The van der Waals surface area contributed by atoms with Gasteiger partial charge in [-0.15, -0.1) is 0 Å². The van der Waals surface area contributed by atoms with Crippen LogP contribution in [0.15, 0.2) is 0 Å².